The first-order chi connectivity index (χ1) is 8.65. The Balaban J connectivity index is 1.95. The SMILES string of the molecule is OB(O)c1cc(F)cc(COC2CCCCC2)c1. The summed E-state index contributed by atoms with van der Waals surface area (Å²) in [5.41, 5.74) is 0.806. The highest BCUT2D eigenvalue weighted by Gasteiger charge is 2.16. The van der Waals surface area contributed by atoms with Crippen molar-refractivity contribution < 1.29 is 19.2 Å². The molecule has 18 heavy (non-hydrogen) atoms. The molecule has 2 N–H and O–H groups in total. The first-order valence-electron chi connectivity index (χ1n) is 6.42. The van der Waals surface area contributed by atoms with Crippen molar-refractivity contribution in [3.8, 4) is 0 Å². The van der Waals surface area contributed by atoms with Gasteiger partial charge in [-0.1, -0.05) is 25.3 Å². The number of ether oxygens (including phenoxy) is 1. The van der Waals surface area contributed by atoms with Crippen molar-refractivity contribution >= 4 is 12.6 Å². The van der Waals surface area contributed by atoms with Crippen LogP contribution in [0.3, 0.4) is 0 Å². The predicted octanol–water partition coefficient (Wildman–Crippen LogP) is 1.35. The van der Waals surface area contributed by atoms with E-state index in [2.05, 4.69) is 0 Å². The molecule has 1 fully saturated rings. The van der Waals surface area contributed by atoms with E-state index in [1.165, 1.54) is 25.3 Å². The lowest BCUT2D eigenvalue weighted by atomic mass is 9.79. The summed E-state index contributed by atoms with van der Waals surface area (Å²) in [7, 11) is -1.64. The van der Waals surface area contributed by atoms with Crippen molar-refractivity contribution in [2.24, 2.45) is 0 Å². The second-order valence-electron chi connectivity index (χ2n) is 4.84. The summed E-state index contributed by atoms with van der Waals surface area (Å²) >= 11 is 0. The third-order valence-corrected chi connectivity index (χ3v) is 3.32. The lowest BCUT2D eigenvalue weighted by Crippen LogP contribution is -2.30. The average molecular weight is 252 g/mol. The lowest BCUT2D eigenvalue weighted by molar-refractivity contribution is 0.0168. The van der Waals surface area contributed by atoms with Crippen LogP contribution in [0.2, 0.25) is 0 Å². The Bertz CT molecular complexity index is 392. The van der Waals surface area contributed by atoms with Crippen LogP contribution in [-0.4, -0.2) is 23.3 Å². The van der Waals surface area contributed by atoms with Gasteiger partial charge in [-0.25, -0.2) is 4.39 Å². The molecule has 2 rings (SSSR count). The van der Waals surface area contributed by atoms with Gasteiger partial charge in [-0.3, -0.25) is 0 Å². The van der Waals surface area contributed by atoms with E-state index in [0.717, 1.165) is 18.9 Å². The number of halogens is 1. The molecule has 0 aliphatic heterocycles. The molecule has 0 heterocycles. The Morgan fingerprint density at radius 2 is 1.89 bits per heavy atom. The van der Waals surface area contributed by atoms with Crippen LogP contribution < -0.4 is 5.46 Å². The summed E-state index contributed by atoms with van der Waals surface area (Å²) in [6, 6.07) is 4.06. The zero-order chi connectivity index (χ0) is 13.0. The molecule has 1 aromatic carbocycles. The molecule has 1 aromatic rings. The van der Waals surface area contributed by atoms with Crippen molar-refractivity contribution in [3.63, 3.8) is 0 Å². The second-order valence-corrected chi connectivity index (χ2v) is 4.84. The number of hydrogen-bond donors (Lipinski definition) is 2. The maximum Gasteiger partial charge on any atom is 0.488 e. The number of hydrogen-bond acceptors (Lipinski definition) is 3. The average Bonchev–Trinajstić information content (AvgIpc) is 2.37. The molecular weight excluding hydrogens is 234 g/mol. The van der Waals surface area contributed by atoms with E-state index in [9.17, 15) is 4.39 Å². The molecule has 3 nitrogen and oxygen atoms in total. The quantitative estimate of drug-likeness (QED) is 0.795. The molecule has 0 amide bonds. The van der Waals surface area contributed by atoms with E-state index in [4.69, 9.17) is 14.8 Å². The van der Waals surface area contributed by atoms with Crippen molar-refractivity contribution in [2.45, 2.75) is 44.8 Å². The van der Waals surface area contributed by atoms with Gasteiger partial charge in [0.05, 0.1) is 12.7 Å². The molecule has 1 saturated carbocycles. The Morgan fingerprint density at radius 3 is 2.56 bits per heavy atom. The van der Waals surface area contributed by atoms with Crippen molar-refractivity contribution in [2.75, 3.05) is 0 Å². The minimum absolute atomic E-state index is 0.164. The highest BCUT2D eigenvalue weighted by atomic mass is 19.1. The van der Waals surface area contributed by atoms with E-state index >= 15 is 0 Å². The third-order valence-electron chi connectivity index (χ3n) is 3.32. The molecule has 0 saturated heterocycles. The summed E-state index contributed by atoms with van der Waals surface area (Å²) < 4.78 is 19.0. The van der Waals surface area contributed by atoms with Crippen LogP contribution in [0.1, 0.15) is 37.7 Å². The third kappa shape index (κ3) is 3.80. The molecule has 0 atom stereocenters. The highest BCUT2D eigenvalue weighted by Crippen LogP contribution is 2.21. The molecule has 1 aliphatic rings. The fourth-order valence-electron chi connectivity index (χ4n) is 2.35. The van der Waals surface area contributed by atoms with Gasteiger partial charge in [0.15, 0.2) is 0 Å². The minimum Gasteiger partial charge on any atom is -0.423 e. The summed E-state index contributed by atoms with van der Waals surface area (Å²) in [6.45, 7) is 0.322. The monoisotopic (exact) mass is 252 g/mol. The molecule has 5 heteroatoms. The van der Waals surface area contributed by atoms with E-state index in [1.54, 1.807) is 6.07 Å². The molecule has 1 aliphatic carbocycles. The van der Waals surface area contributed by atoms with Gasteiger partial charge < -0.3 is 14.8 Å². The molecule has 0 unspecified atom stereocenters. The largest absolute Gasteiger partial charge is 0.488 e. The summed E-state index contributed by atoms with van der Waals surface area (Å²) in [6.07, 6.45) is 6.02. The Hall–Kier alpha value is -0.905. The van der Waals surface area contributed by atoms with Crippen LogP contribution in [0.25, 0.3) is 0 Å². The first-order valence-corrected chi connectivity index (χ1v) is 6.42. The molecular formula is C13H18BFO3. The standard InChI is InChI=1S/C13H18BFO3/c15-12-7-10(6-11(8-12)14(16)17)9-18-13-4-2-1-3-5-13/h6-8,13,16-17H,1-5,9H2. The van der Waals surface area contributed by atoms with Gasteiger partial charge in [-0.2, -0.15) is 0 Å². The molecule has 98 valence electrons. The van der Waals surface area contributed by atoms with Gasteiger partial charge in [0, 0.05) is 0 Å². The normalized spacial score (nSPS) is 16.8. The van der Waals surface area contributed by atoms with Crippen LogP contribution in [0.15, 0.2) is 18.2 Å². The van der Waals surface area contributed by atoms with E-state index in [0.29, 0.717) is 12.2 Å². The number of rotatable bonds is 4. The van der Waals surface area contributed by atoms with Gasteiger partial charge in [0.2, 0.25) is 0 Å². The van der Waals surface area contributed by atoms with Crippen LogP contribution >= 0.6 is 0 Å². The van der Waals surface area contributed by atoms with E-state index < -0.39 is 12.9 Å². The van der Waals surface area contributed by atoms with E-state index in [-0.39, 0.29) is 11.6 Å². The zero-order valence-corrected chi connectivity index (χ0v) is 10.3. The van der Waals surface area contributed by atoms with E-state index in [1.807, 2.05) is 0 Å². The lowest BCUT2D eigenvalue weighted by Gasteiger charge is -2.22. The Morgan fingerprint density at radius 1 is 1.17 bits per heavy atom. The summed E-state index contributed by atoms with van der Waals surface area (Å²) in [4.78, 5) is 0. The van der Waals surface area contributed by atoms with Crippen LogP contribution in [0.5, 0.6) is 0 Å². The number of benzene rings is 1. The van der Waals surface area contributed by atoms with Crippen molar-refractivity contribution in [3.05, 3.63) is 29.6 Å². The Kier molecular flexibility index (Phi) is 4.75. The first kappa shape index (κ1) is 13.5. The van der Waals surface area contributed by atoms with Crippen LogP contribution in [0.4, 0.5) is 4.39 Å². The molecule has 0 aromatic heterocycles. The molecule has 0 spiro atoms. The van der Waals surface area contributed by atoms with Crippen molar-refractivity contribution in [1.29, 1.82) is 0 Å². The minimum atomic E-state index is -1.64. The smallest absolute Gasteiger partial charge is 0.423 e. The van der Waals surface area contributed by atoms with Gasteiger partial charge in [0.25, 0.3) is 0 Å². The summed E-state index contributed by atoms with van der Waals surface area (Å²) in [5.74, 6) is -0.470. The fourth-order valence-corrected chi connectivity index (χ4v) is 2.35. The van der Waals surface area contributed by atoms with Gasteiger partial charge in [-0.05, 0) is 36.0 Å². The zero-order valence-electron chi connectivity index (χ0n) is 10.3. The van der Waals surface area contributed by atoms with Crippen LogP contribution in [-0.2, 0) is 11.3 Å². The highest BCUT2D eigenvalue weighted by molar-refractivity contribution is 6.58. The van der Waals surface area contributed by atoms with Gasteiger partial charge >= 0.3 is 7.12 Å². The fraction of sp³-hybridized carbons (Fsp3) is 0.538. The van der Waals surface area contributed by atoms with Gasteiger partial charge in [-0.15, -0.1) is 0 Å². The van der Waals surface area contributed by atoms with Crippen LogP contribution in [0, 0.1) is 5.82 Å². The second kappa shape index (κ2) is 6.32. The predicted molar refractivity (Wildman–Crippen MR) is 67.9 cm³/mol. The maximum absolute atomic E-state index is 13.3. The van der Waals surface area contributed by atoms with Gasteiger partial charge in [0.1, 0.15) is 5.82 Å². The topological polar surface area (TPSA) is 49.7 Å². The Labute approximate surface area is 107 Å². The molecule has 0 radical (unpaired) electrons. The maximum atomic E-state index is 13.3. The summed E-state index contributed by atoms with van der Waals surface area (Å²) in [5, 5.41) is 18.1. The molecule has 0 bridgehead atoms. The van der Waals surface area contributed by atoms with Crippen molar-refractivity contribution in [1.82, 2.24) is 0 Å².